The summed E-state index contributed by atoms with van der Waals surface area (Å²) in [5.74, 6) is -1.59. The molecule has 0 spiro atoms. The van der Waals surface area contributed by atoms with E-state index in [1.165, 1.54) is 0 Å². The Kier molecular flexibility index (Phi) is 6.00. The van der Waals surface area contributed by atoms with Crippen LogP contribution in [0.5, 0.6) is 0 Å². The highest BCUT2D eigenvalue weighted by Crippen LogP contribution is 2.34. The number of nitrogens with one attached hydrogen (secondary N) is 1. The maximum atomic E-state index is 12.7. The maximum absolute atomic E-state index is 12.7. The lowest BCUT2D eigenvalue weighted by Gasteiger charge is -2.07. The topological polar surface area (TPSA) is 107 Å². The second-order valence-electron chi connectivity index (χ2n) is 5.62. The number of carbonyl (C=O) groups excluding carboxylic acids is 3. The molecule has 0 saturated carbocycles. The molecule has 0 fully saturated rings. The van der Waals surface area contributed by atoms with Crippen molar-refractivity contribution >= 4 is 56.9 Å². The zero-order chi connectivity index (χ0) is 20.3. The molecule has 28 heavy (non-hydrogen) atoms. The highest BCUT2D eigenvalue weighted by Gasteiger charge is 2.27. The van der Waals surface area contributed by atoms with Gasteiger partial charge in [0.25, 0.3) is 5.91 Å². The van der Waals surface area contributed by atoms with Gasteiger partial charge >= 0.3 is 11.9 Å². The molecule has 1 aromatic carbocycles. The summed E-state index contributed by atoms with van der Waals surface area (Å²) in [5, 5.41) is 2.94. The highest BCUT2D eigenvalue weighted by atomic mass is 32.1. The van der Waals surface area contributed by atoms with Crippen molar-refractivity contribution in [3.63, 3.8) is 0 Å². The summed E-state index contributed by atoms with van der Waals surface area (Å²) < 4.78 is 18.3. The Balaban J connectivity index is 1.96. The lowest BCUT2D eigenvalue weighted by atomic mass is 10.1. The largest absolute Gasteiger partial charge is 0.462 e. The van der Waals surface area contributed by atoms with Crippen LogP contribution in [0.3, 0.4) is 0 Å². The van der Waals surface area contributed by atoms with Crippen molar-refractivity contribution in [1.82, 2.24) is 8.75 Å². The summed E-state index contributed by atoms with van der Waals surface area (Å²) in [5.41, 5.74) is 2.23. The van der Waals surface area contributed by atoms with Crippen LogP contribution in [0.2, 0.25) is 0 Å². The van der Waals surface area contributed by atoms with E-state index in [1.54, 1.807) is 39.0 Å². The Labute approximate surface area is 168 Å². The molecule has 146 valence electrons. The van der Waals surface area contributed by atoms with Crippen molar-refractivity contribution in [3.8, 4) is 0 Å². The van der Waals surface area contributed by atoms with Gasteiger partial charge in [-0.1, -0.05) is 0 Å². The summed E-state index contributed by atoms with van der Waals surface area (Å²) >= 11 is 2.04. The average molecular weight is 419 g/mol. The van der Waals surface area contributed by atoms with Crippen LogP contribution in [0, 0.1) is 6.92 Å². The van der Waals surface area contributed by atoms with Gasteiger partial charge in [-0.3, -0.25) is 4.79 Å². The number of fused-ring (bicyclic) bond motifs is 1. The van der Waals surface area contributed by atoms with E-state index in [0.717, 1.165) is 23.1 Å². The maximum Gasteiger partial charge on any atom is 0.348 e. The van der Waals surface area contributed by atoms with E-state index in [1.807, 2.05) is 0 Å². The lowest BCUT2D eigenvalue weighted by molar-refractivity contribution is 0.0527. The van der Waals surface area contributed by atoms with Gasteiger partial charge in [-0.05, 0) is 44.5 Å². The van der Waals surface area contributed by atoms with Gasteiger partial charge in [0.05, 0.1) is 30.5 Å². The van der Waals surface area contributed by atoms with Crippen molar-refractivity contribution in [3.05, 3.63) is 39.8 Å². The number of anilines is 1. The van der Waals surface area contributed by atoms with Crippen LogP contribution >= 0.6 is 23.1 Å². The molecule has 0 saturated heterocycles. The van der Waals surface area contributed by atoms with E-state index in [-0.39, 0.29) is 28.7 Å². The quantitative estimate of drug-likeness (QED) is 0.607. The minimum Gasteiger partial charge on any atom is -0.462 e. The molecular formula is C18H17N3O5S2. The molecule has 8 nitrogen and oxygen atoms in total. The Hall–Kier alpha value is -2.85. The van der Waals surface area contributed by atoms with E-state index in [4.69, 9.17) is 9.47 Å². The van der Waals surface area contributed by atoms with Gasteiger partial charge in [0.15, 0.2) is 0 Å². The summed E-state index contributed by atoms with van der Waals surface area (Å²) in [6.45, 7) is 5.37. The van der Waals surface area contributed by atoms with Crippen LogP contribution in [-0.2, 0) is 9.47 Å². The number of esters is 2. The Bertz CT molecular complexity index is 1060. The summed E-state index contributed by atoms with van der Waals surface area (Å²) in [6, 6.07) is 4.93. The highest BCUT2D eigenvalue weighted by molar-refractivity contribution is 7.18. The number of carbonyl (C=O) groups is 3. The van der Waals surface area contributed by atoms with Gasteiger partial charge in [0, 0.05) is 5.56 Å². The monoisotopic (exact) mass is 419 g/mol. The third-order valence-corrected chi connectivity index (χ3v) is 5.57. The second-order valence-corrected chi connectivity index (χ2v) is 7.17. The van der Waals surface area contributed by atoms with Crippen molar-refractivity contribution < 1.29 is 23.9 Å². The third-order valence-electron chi connectivity index (χ3n) is 3.83. The first-order valence-electron chi connectivity index (χ1n) is 8.47. The zero-order valence-electron chi connectivity index (χ0n) is 15.4. The third kappa shape index (κ3) is 3.87. The molecule has 0 aliphatic rings. The molecule has 1 N–H and O–H groups in total. The van der Waals surface area contributed by atoms with Crippen LogP contribution < -0.4 is 5.32 Å². The van der Waals surface area contributed by atoms with Gasteiger partial charge in [-0.2, -0.15) is 8.75 Å². The normalized spacial score (nSPS) is 10.7. The van der Waals surface area contributed by atoms with Crippen molar-refractivity contribution in [2.75, 3.05) is 18.5 Å². The van der Waals surface area contributed by atoms with Crippen LogP contribution in [-0.4, -0.2) is 39.8 Å². The fraction of sp³-hybridized carbons (Fsp3) is 0.278. The summed E-state index contributed by atoms with van der Waals surface area (Å²) in [4.78, 5) is 37.6. The first kappa shape index (κ1) is 19.9. The van der Waals surface area contributed by atoms with Gasteiger partial charge < -0.3 is 14.8 Å². The predicted octanol–water partition coefficient (Wildman–Crippen LogP) is 3.67. The molecule has 0 radical (unpaired) electrons. The molecule has 0 unspecified atom stereocenters. The van der Waals surface area contributed by atoms with E-state index < -0.39 is 17.8 Å². The second kappa shape index (κ2) is 8.44. The summed E-state index contributed by atoms with van der Waals surface area (Å²) in [6.07, 6.45) is 0. The number of aromatic nitrogens is 2. The molecule has 10 heteroatoms. The van der Waals surface area contributed by atoms with Crippen LogP contribution in [0.15, 0.2) is 18.2 Å². The van der Waals surface area contributed by atoms with Crippen molar-refractivity contribution in [1.29, 1.82) is 0 Å². The van der Waals surface area contributed by atoms with E-state index in [0.29, 0.717) is 22.2 Å². The lowest BCUT2D eigenvalue weighted by Crippen LogP contribution is -2.15. The van der Waals surface area contributed by atoms with Gasteiger partial charge in [0.1, 0.15) is 20.9 Å². The molecule has 2 heterocycles. The first-order chi connectivity index (χ1) is 13.5. The van der Waals surface area contributed by atoms with Crippen LogP contribution in [0.4, 0.5) is 5.00 Å². The molecule has 0 bridgehead atoms. The Morgan fingerprint density at radius 1 is 1.04 bits per heavy atom. The standard InChI is InChI=1S/C18H17N3O5S2/c1-4-25-17(23)13-9(3)14(18(24)26-5-2)27-16(13)19-15(22)10-6-7-11-12(8-10)21-28-20-11/h6-8H,4-5H2,1-3H3,(H,19,22). The number of hydrogen-bond donors (Lipinski definition) is 1. The zero-order valence-corrected chi connectivity index (χ0v) is 17.0. The molecule has 0 atom stereocenters. The smallest absolute Gasteiger partial charge is 0.348 e. The van der Waals surface area contributed by atoms with Gasteiger partial charge in [-0.25, -0.2) is 9.59 Å². The first-order valence-corrected chi connectivity index (χ1v) is 10.0. The fourth-order valence-corrected chi connectivity index (χ4v) is 4.14. The van der Waals surface area contributed by atoms with E-state index in [2.05, 4.69) is 14.1 Å². The molecule has 2 aromatic heterocycles. The molecule has 0 aliphatic heterocycles. The molecule has 0 aliphatic carbocycles. The van der Waals surface area contributed by atoms with E-state index >= 15 is 0 Å². The van der Waals surface area contributed by atoms with Crippen molar-refractivity contribution in [2.45, 2.75) is 20.8 Å². The molecule has 1 amide bonds. The predicted molar refractivity (Wildman–Crippen MR) is 106 cm³/mol. The molecule has 3 rings (SSSR count). The van der Waals surface area contributed by atoms with Gasteiger partial charge in [-0.15, -0.1) is 11.3 Å². The minimum absolute atomic E-state index is 0.152. The number of nitrogens with zero attached hydrogens (tertiary/aromatic N) is 2. The Morgan fingerprint density at radius 3 is 2.43 bits per heavy atom. The molecule has 3 aromatic rings. The SMILES string of the molecule is CCOC(=O)c1sc(NC(=O)c2ccc3nsnc3c2)c(C(=O)OCC)c1C. The average Bonchev–Trinajstić information content (AvgIpc) is 3.25. The number of benzene rings is 1. The number of ether oxygens (including phenoxy) is 2. The minimum atomic E-state index is -0.610. The van der Waals surface area contributed by atoms with Crippen LogP contribution in [0.1, 0.15) is 49.8 Å². The summed E-state index contributed by atoms with van der Waals surface area (Å²) in [7, 11) is 0. The Morgan fingerprint density at radius 2 is 1.71 bits per heavy atom. The molecular weight excluding hydrogens is 402 g/mol. The van der Waals surface area contributed by atoms with E-state index in [9.17, 15) is 14.4 Å². The fourth-order valence-electron chi connectivity index (χ4n) is 2.54. The number of rotatable bonds is 6. The number of amides is 1. The number of thiophene rings is 1. The van der Waals surface area contributed by atoms with Crippen LogP contribution in [0.25, 0.3) is 11.0 Å². The van der Waals surface area contributed by atoms with Crippen molar-refractivity contribution in [2.24, 2.45) is 0 Å². The van der Waals surface area contributed by atoms with Gasteiger partial charge in [0.2, 0.25) is 0 Å². The number of hydrogen-bond acceptors (Lipinski definition) is 9.